The van der Waals surface area contributed by atoms with Gasteiger partial charge in [-0.25, -0.2) is 4.79 Å². The van der Waals surface area contributed by atoms with Crippen LogP contribution in [0.4, 0.5) is 16.2 Å². The number of carbonyl (C=O) groups is 1. The van der Waals surface area contributed by atoms with E-state index in [0.29, 0.717) is 21.4 Å². The highest BCUT2D eigenvalue weighted by atomic mass is 35.5. The zero-order chi connectivity index (χ0) is 15.4. The molecule has 0 bridgehead atoms. The van der Waals surface area contributed by atoms with E-state index >= 15 is 0 Å². The van der Waals surface area contributed by atoms with E-state index in [9.17, 15) is 4.79 Å². The number of amides is 2. The number of rotatable bonds is 3. The van der Waals surface area contributed by atoms with Crippen LogP contribution in [0, 0.1) is 0 Å². The zero-order valence-electron chi connectivity index (χ0n) is 11.4. The summed E-state index contributed by atoms with van der Waals surface area (Å²) in [4.78, 5) is 11.9. The van der Waals surface area contributed by atoms with Crippen LogP contribution < -0.4 is 16.4 Å². The monoisotopic (exact) mass is 323 g/mol. The van der Waals surface area contributed by atoms with Crippen LogP contribution in [0.2, 0.25) is 10.0 Å². The van der Waals surface area contributed by atoms with Crippen LogP contribution in [-0.4, -0.2) is 6.03 Å². The molecule has 2 aromatic rings. The van der Waals surface area contributed by atoms with Gasteiger partial charge in [0.1, 0.15) is 0 Å². The molecule has 0 heterocycles. The van der Waals surface area contributed by atoms with E-state index in [0.717, 1.165) is 5.56 Å². The fourth-order valence-electron chi connectivity index (χ4n) is 1.82. The van der Waals surface area contributed by atoms with Crippen molar-refractivity contribution in [3.05, 3.63) is 58.1 Å². The summed E-state index contributed by atoms with van der Waals surface area (Å²) in [6, 6.07) is 11.7. The summed E-state index contributed by atoms with van der Waals surface area (Å²) in [5, 5.41) is 6.31. The van der Waals surface area contributed by atoms with E-state index in [1.807, 2.05) is 25.1 Å². The average Bonchev–Trinajstić information content (AvgIpc) is 2.37. The van der Waals surface area contributed by atoms with Crippen LogP contribution in [0.3, 0.4) is 0 Å². The molecular weight excluding hydrogens is 309 g/mol. The molecule has 0 aromatic heterocycles. The van der Waals surface area contributed by atoms with Crippen LogP contribution in [0.1, 0.15) is 18.5 Å². The van der Waals surface area contributed by atoms with Crippen molar-refractivity contribution in [1.29, 1.82) is 0 Å². The lowest BCUT2D eigenvalue weighted by Crippen LogP contribution is -2.19. The van der Waals surface area contributed by atoms with Crippen molar-refractivity contribution in [3.63, 3.8) is 0 Å². The maximum Gasteiger partial charge on any atom is 0.323 e. The Labute approximate surface area is 133 Å². The van der Waals surface area contributed by atoms with Gasteiger partial charge >= 0.3 is 6.03 Å². The van der Waals surface area contributed by atoms with Crippen LogP contribution in [0.15, 0.2) is 42.5 Å². The molecule has 0 saturated heterocycles. The van der Waals surface area contributed by atoms with Crippen LogP contribution in [0.25, 0.3) is 0 Å². The van der Waals surface area contributed by atoms with Gasteiger partial charge in [0.25, 0.3) is 0 Å². The number of hydrogen-bond acceptors (Lipinski definition) is 2. The molecule has 0 aliphatic heterocycles. The van der Waals surface area contributed by atoms with Gasteiger partial charge in [0.15, 0.2) is 0 Å². The van der Waals surface area contributed by atoms with Crippen LogP contribution >= 0.6 is 23.2 Å². The Morgan fingerprint density at radius 3 is 2.29 bits per heavy atom. The smallest absolute Gasteiger partial charge is 0.323 e. The summed E-state index contributed by atoms with van der Waals surface area (Å²) in [5.41, 5.74) is 7.94. The molecule has 0 fully saturated rings. The molecule has 4 N–H and O–H groups in total. The highest BCUT2D eigenvalue weighted by Crippen LogP contribution is 2.22. The van der Waals surface area contributed by atoms with Gasteiger partial charge in [0, 0.05) is 27.5 Å². The fourth-order valence-corrected chi connectivity index (χ4v) is 2.35. The first-order valence-corrected chi connectivity index (χ1v) is 7.09. The predicted molar refractivity (Wildman–Crippen MR) is 88.1 cm³/mol. The molecule has 0 saturated carbocycles. The van der Waals surface area contributed by atoms with E-state index in [4.69, 9.17) is 28.9 Å². The standard InChI is InChI=1S/C15H15Cl2N3O/c1-9(18)10-3-2-4-13(5-10)19-15(21)20-14-7-11(16)6-12(17)8-14/h2-9H,18H2,1H3,(H2,19,20,21). The van der Waals surface area contributed by atoms with E-state index in [2.05, 4.69) is 10.6 Å². The molecule has 6 heteroatoms. The van der Waals surface area contributed by atoms with Gasteiger partial charge in [-0.1, -0.05) is 35.3 Å². The molecule has 0 spiro atoms. The number of nitrogens with two attached hydrogens (primary N) is 1. The number of nitrogens with one attached hydrogen (secondary N) is 2. The second kappa shape index (κ2) is 6.80. The quantitative estimate of drug-likeness (QED) is 0.769. The van der Waals surface area contributed by atoms with Gasteiger partial charge < -0.3 is 16.4 Å². The molecule has 0 radical (unpaired) electrons. The summed E-state index contributed by atoms with van der Waals surface area (Å²) < 4.78 is 0. The Morgan fingerprint density at radius 1 is 1.05 bits per heavy atom. The average molecular weight is 324 g/mol. The Balaban J connectivity index is 2.06. The maximum atomic E-state index is 11.9. The van der Waals surface area contributed by atoms with Crippen molar-refractivity contribution in [3.8, 4) is 0 Å². The summed E-state index contributed by atoms with van der Waals surface area (Å²) in [6.45, 7) is 1.88. The molecule has 4 nitrogen and oxygen atoms in total. The van der Waals surface area contributed by atoms with Crippen molar-refractivity contribution >= 4 is 40.6 Å². The molecule has 2 rings (SSSR count). The zero-order valence-corrected chi connectivity index (χ0v) is 12.9. The highest BCUT2D eigenvalue weighted by molar-refractivity contribution is 6.35. The largest absolute Gasteiger partial charge is 0.324 e. The van der Waals surface area contributed by atoms with Gasteiger partial charge in [0.05, 0.1) is 0 Å². The van der Waals surface area contributed by atoms with Crippen molar-refractivity contribution in [2.24, 2.45) is 5.73 Å². The molecular formula is C15H15Cl2N3O. The molecule has 21 heavy (non-hydrogen) atoms. The normalized spacial score (nSPS) is 11.8. The van der Waals surface area contributed by atoms with Gasteiger partial charge in [-0.15, -0.1) is 0 Å². The molecule has 110 valence electrons. The lowest BCUT2D eigenvalue weighted by molar-refractivity contribution is 0.262. The number of hydrogen-bond donors (Lipinski definition) is 3. The number of benzene rings is 2. The summed E-state index contributed by atoms with van der Waals surface area (Å²) in [6.07, 6.45) is 0. The predicted octanol–water partition coefficient (Wildman–Crippen LogP) is 4.66. The van der Waals surface area contributed by atoms with Crippen molar-refractivity contribution < 1.29 is 4.79 Å². The summed E-state index contributed by atoms with van der Waals surface area (Å²) >= 11 is 11.8. The molecule has 0 aliphatic rings. The molecule has 2 amide bonds. The van der Waals surface area contributed by atoms with Gasteiger partial charge in [-0.2, -0.15) is 0 Å². The minimum Gasteiger partial charge on any atom is -0.324 e. The van der Waals surface area contributed by atoms with E-state index in [1.165, 1.54) is 0 Å². The minimum atomic E-state index is -0.379. The maximum absolute atomic E-state index is 11.9. The van der Waals surface area contributed by atoms with Crippen molar-refractivity contribution in [2.45, 2.75) is 13.0 Å². The highest BCUT2D eigenvalue weighted by Gasteiger charge is 2.06. The first-order chi connectivity index (χ1) is 9.94. The lowest BCUT2D eigenvalue weighted by Gasteiger charge is -2.11. The third-order valence-corrected chi connectivity index (χ3v) is 3.23. The molecule has 0 aliphatic carbocycles. The van der Waals surface area contributed by atoms with Crippen LogP contribution in [0.5, 0.6) is 0 Å². The van der Waals surface area contributed by atoms with Crippen LogP contribution in [-0.2, 0) is 0 Å². The van der Waals surface area contributed by atoms with Crippen molar-refractivity contribution in [1.82, 2.24) is 0 Å². The molecule has 2 aromatic carbocycles. The second-order valence-corrected chi connectivity index (χ2v) is 5.52. The third-order valence-electron chi connectivity index (χ3n) is 2.79. The number of anilines is 2. The molecule has 1 atom stereocenters. The number of halogens is 2. The van der Waals surface area contributed by atoms with E-state index in [-0.39, 0.29) is 12.1 Å². The Bertz CT molecular complexity index is 639. The Hall–Kier alpha value is -1.75. The van der Waals surface area contributed by atoms with E-state index in [1.54, 1.807) is 24.3 Å². The molecule has 1 unspecified atom stereocenters. The van der Waals surface area contributed by atoms with Gasteiger partial charge in [-0.3, -0.25) is 0 Å². The SMILES string of the molecule is CC(N)c1cccc(NC(=O)Nc2cc(Cl)cc(Cl)c2)c1. The number of urea groups is 1. The van der Waals surface area contributed by atoms with Crippen molar-refractivity contribution in [2.75, 3.05) is 10.6 Å². The first-order valence-electron chi connectivity index (χ1n) is 6.33. The Morgan fingerprint density at radius 2 is 1.67 bits per heavy atom. The Kier molecular flexibility index (Phi) is 5.07. The van der Waals surface area contributed by atoms with E-state index < -0.39 is 0 Å². The summed E-state index contributed by atoms with van der Waals surface area (Å²) in [5.74, 6) is 0. The number of carbonyl (C=O) groups excluding carboxylic acids is 1. The summed E-state index contributed by atoms with van der Waals surface area (Å²) in [7, 11) is 0. The topological polar surface area (TPSA) is 67.1 Å². The first kappa shape index (κ1) is 15.6. The van der Waals surface area contributed by atoms with Gasteiger partial charge in [0.2, 0.25) is 0 Å². The minimum absolute atomic E-state index is 0.0958. The fraction of sp³-hybridized carbons (Fsp3) is 0.133. The second-order valence-electron chi connectivity index (χ2n) is 4.65. The third kappa shape index (κ3) is 4.63. The van der Waals surface area contributed by atoms with Gasteiger partial charge in [-0.05, 0) is 42.8 Å². The lowest BCUT2D eigenvalue weighted by atomic mass is 10.1.